The summed E-state index contributed by atoms with van der Waals surface area (Å²) in [7, 11) is 0. The van der Waals surface area contributed by atoms with Gasteiger partial charge >= 0.3 is 0 Å². The number of ether oxygens (including phenoxy) is 1. The summed E-state index contributed by atoms with van der Waals surface area (Å²) in [6.45, 7) is 4.78. The molecule has 1 rings (SSSR count). The van der Waals surface area contributed by atoms with Gasteiger partial charge in [-0.25, -0.2) is 0 Å². The second-order valence-electron chi connectivity index (χ2n) is 3.79. The van der Waals surface area contributed by atoms with E-state index in [1.165, 1.54) is 13.0 Å². The van der Waals surface area contributed by atoms with Crippen molar-refractivity contribution in [2.45, 2.75) is 13.8 Å². The van der Waals surface area contributed by atoms with Crippen LogP contribution in [0.5, 0.6) is 0 Å². The standard InChI is InChI=1S/C12H17N3O4/c1-3-19-7-6-13-11-5-4-10(14-9(2)16)8-12(11)15(17)18/h4-5,8,13H,3,6-7H2,1-2H3,(H,14,16). The number of nitrogens with one attached hydrogen (secondary N) is 2. The van der Waals surface area contributed by atoms with Crippen LogP contribution in [0.4, 0.5) is 17.1 Å². The Hall–Kier alpha value is -2.15. The summed E-state index contributed by atoms with van der Waals surface area (Å²) in [5, 5.41) is 16.4. The fourth-order valence-corrected chi connectivity index (χ4v) is 1.52. The van der Waals surface area contributed by atoms with Crippen LogP contribution in [-0.4, -0.2) is 30.6 Å². The lowest BCUT2D eigenvalue weighted by Gasteiger charge is -2.09. The van der Waals surface area contributed by atoms with Gasteiger partial charge in [0.1, 0.15) is 5.69 Å². The molecule has 1 amide bonds. The number of rotatable bonds is 7. The summed E-state index contributed by atoms with van der Waals surface area (Å²) in [4.78, 5) is 21.4. The third-order valence-corrected chi connectivity index (χ3v) is 2.28. The Balaban J connectivity index is 2.79. The first kappa shape index (κ1) is 14.9. The maximum absolute atomic E-state index is 11.0. The molecule has 2 N–H and O–H groups in total. The lowest BCUT2D eigenvalue weighted by Crippen LogP contribution is -2.11. The van der Waals surface area contributed by atoms with Gasteiger partial charge in [0.2, 0.25) is 5.91 Å². The quantitative estimate of drug-likeness (QED) is 0.447. The molecule has 0 spiro atoms. The normalized spacial score (nSPS) is 10.0. The Labute approximate surface area is 111 Å². The van der Waals surface area contributed by atoms with Crippen molar-refractivity contribution in [2.75, 3.05) is 30.4 Å². The first-order valence-electron chi connectivity index (χ1n) is 5.92. The van der Waals surface area contributed by atoms with E-state index >= 15 is 0 Å². The predicted octanol–water partition coefficient (Wildman–Crippen LogP) is 2.00. The van der Waals surface area contributed by atoms with Crippen molar-refractivity contribution in [2.24, 2.45) is 0 Å². The van der Waals surface area contributed by atoms with Crippen LogP contribution in [0.1, 0.15) is 13.8 Å². The Morgan fingerprint density at radius 1 is 1.47 bits per heavy atom. The molecule has 7 nitrogen and oxygen atoms in total. The van der Waals surface area contributed by atoms with Crippen molar-refractivity contribution in [1.82, 2.24) is 0 Å². The molecule has 0 aromatic heterocycles. The minimum absolute atomic E-state index is 0.0808. The van der Waals surface area contributed by atoms with E-state index in [1.807, 2.05) is 6.92 Å². The smallest absolute Gasteiger partial charge is 0.294 e. The van der Waals surface area contributed by atoms with Crippen molar-refractivity contribution in [3.05, 3.63) is 28.3 Å². The van der Waals surface area contributed by atoms with Gasteiger partial charge in [0.05, 0.1) is 11.5 Å². The predicted molar refractivity (Wildman–Crippen MR) is 72.4 cm³/mol. The van der Waals surface area contributed by atoms with Gasteiger partial charge in [-0.05, 0) is 19.1 Å². The van der Waals surface area contributed by atoms with Crippen LogP contribution in [-0.2, 0) is 9.53 Å². The lowest BCUT2D eigenvalue weighted by molar-refractivity contribution is -0.383. The molecule has 0 aliphatic rings. The van der Waals surface area contributed by atoms with E-state index in [4.69, 9.17) is 4.74 Å². The SMILES string of the molecule is CCOCCNc1ccc(NC(C)=O)cc1[N+](=O)[O-]. The molecule has 0 heterocycles. The molecule has 1 aromatic carbocycles. The summed E-state index contributed by atoms with van der Waals surface area (Å²) in [6.07, 6.45) is 0. The third kappa shape index (κ3) is 4.92. The number of amides is 1. The fourth-order valence-electron chi connectivity index (χ4n) is 1.52. The Kier molecular flexibility index (Phi) is 5.74. The molecule has 1 aromatic rings. The summed E-state index contributed by atoms with van der Waals surface area (Å²) in [5.74, 6) is -0.272. The summed E-state index contributed by atoms with van der Waals surface area (Å²) < 4.78 is 5.14. The third-order valence-electron chi connectivity index (χ3n) is 2.28. The van der Waals surface area contributed by atoms with Crippen LogP contribution in [0, 0.1) is 10.1 Å². The van der Waals surface area contributed by atoms with Gasteiger partial charge in [-0.15, -0.1) is 0 Å². The molecule has 0 unspecified atom stereocenters. The molecule has 0 atom stereocenters. The molecule has 0 fully saturated rings. The van der Waals surface area contributed by atoms with Crippen molar-refractivity contribution >= 4 is 23.0 Å². The second kappa shape index (κ2) is 7.32. The molecule has 0 bridgehead atoms. The highest BCUT2D eigenvalue weighted by Crippen LogP contribution is 2.27. The summed E-state index contributed by atoms with van der Waals surface area (Å²) in [6, 6.07) is 4.50. The number of hydrogen-bond donors (Lipinski definition) is 2. The number of carbonyl (C=O) groups is 1. The number of hydrogen-bond acceptors (Lipinski definition) is 5. The van der Waals surface area contributed by atoms with Gasteiger partial charge in [-0.3, -0.25) is 14.9 Å². The number of nitrogens with zero attached hydrogens (tertiary/aromatic N) is 1. The highest BCUT2D eigenvalue weighted by molar-refractivity contribution is 5.89. The Bertz CT molecular complexity index is 462. The molecule has 0 aliphatic heterocycles. The van der Waals surface area contributed by atoms with Crippen LogP contribution in [0.2, 0.25) is 0 Å². The first-order chi connectivity index (χ1) is 9.04. The average molecular weight is 267 g/mol. The van der Waals surface area contributed by atoms with Gasteiger partial charge in [-0.1, -0.05) is 0 Å². The number of carbonyl (C=O) groups excluding carboxylic acids is 1. The fraction of sp³-hybridized carbons (Fsp3) is 0.417. The molecule has 7 heteroatoms. The van der Waals surface area contributed by atoms with Crippen molar-refractivity contribution in [3.63, 3.8) is 0 Å². The van der Waals surface area contributed by atoms with Crippen LogP contribution in [0.25, 0.3) is 0 Å². The number of benzene rings is 1. The number of anilines is 2. The van der Waals surface area contributed by atoms with Gasteiger partial charge in [0.15, 0.2) is 0 Å². The molecule has 0 saturated carbocycles. The monoisotopic (exact) mass is 267 g/mol. The van der Waals surface area contributed by atoms with Gasteiger partial charge in [0.25, 0.3) is 5.69 Å². The number of nitro benzene ring substituents is 1. The van der Waals surface area contributed by atoms with Gasteiger partial charge < -0.3 is 15.4 Å². The van der Waals surface area contributed by atoms with Crippen LogP contribution >= 0.6 is 0 Å². The second-order valence-corrected chi connectivity index (χ2v) is 3.79. The molecular weight excluding hydrogens is 250 g/mol. The first-order valence-corrected chi connectivity index (χ1v) is 5.92. The van der Waals surface area contributed by atoms with Gasteiger partial charge in [0, 0.05) is 31.8 Å². The van der Waals surface area contributed by atoms with Crippen molar-refractivity contribution < 1.29 is 14.5 Å². The minimum atomic E-state index is -0.492. The van der Waals surface area contributed by atoms with Crippen LogP contribution < -0.4 is 10.6 Å². The zero-order chi connectivity index (χ0) is 14.3. The molecule has 19 heavy (non-hydrogen) atoms. The largest absolute Gasteiger partial charge is 0.380 e. The maximum Gasteiger partial charge on any atom is 0.294 e. The topological polar surface area (TPSA) is 93.5 Å². The highest BCUT2D eigenvalue weighted by atomic mass is 16.6. The molecule has 104 valence electrons. The highest BCUT2D eigenvalue weighted by Gasteiger charge is 2.14. The molecule has 0 aliphatic carbocycles. The zero-order valence-electron chi connectivity index (χ0n) is 10.9. The lowest BCUT2D eigenvalue weighted by atomic mass is 10.2. The Morgan fingerprint density at radius 2 is 2.21 bits per heavy atom. The van der Waals surface area contributed by atoms with Crippen LogP contribution in [0.15, 0.2) is 18.2 Å². The number of nitro groups is 1. The van der Waals surface area contributed by atoms with E-state index in [2.05, 4.69) is 10.6 Å². The van der Waals surface area contributed by atoms with E-state index in [0.29, 0.717) is 31.1 Å². The molecule has 0 saturated heterocycles. The molecule has 0 radical (unpaired) electrons. The van der Waals surface area contributed by atoms with E-state index < -0.39 is 4.92 Å². The minimum Gasteiger partial charge on any atom is -0.380 e. The summed E-state index contributed by atoms with van der Waals surface area (Å²) in [5.41, 5.74) is 0.719. The van der Waals surface area contributed by atoms with Crippen molar-refractivity contribution in [3.8, 4) is 0 Å². The van der Waals surface area contributed by atoms with E-state index in [0.717, 1.165) is 0 Å². The van der Waals surface area contributed by atoms with Gasteiger partial charge in [-0.2, -0.15) is 0 Å². The zero-order valence-corrected chi connectivity index (χ0v) is 10.9. The van der Waals surface area contributed by atoms with E-state index in [-0.39, 0.29) is 11.6 Å². The average Bonchev–Trinajstić information content (AvgIpc) is 2.35. The van der Waals surface area contributed by atoms with Crippen LogP contribution in [0.3, 0.4) is 0 Å². The van der Waals surface area contributed by atoms with E-state index in [1.54, 1.807) is 12.1 Å². The Morgan fingerprint density at radius 3 is 2.79 bits per heavy atom. The summed E-state index contributed by atoms with van der Waals surface area (Å²) >= 11 is 0. The molecular formula is C12H17N3O4. The van der Waals surface area contributed by atoms with E-state index in [9.17, 15) is 14.9 Å². The maximum atomic E-state index is 11.0. The van der Waals surface area contributed by atoms with Crippen molar-refractivity contribution in [1.29, 1.82) is 0 Å².